The van der Waals surface area contributed by atoms with Gasteiger partial charge in [0.05, 0.1) is 6.10 Å². The summed E-state index contributed by atoms with van der Waals surface area (Å²) >= 11 is 0. The molecule has 4 bridgehead atoms. The van der Waals surface area contributed by atoms with Crippen LogP contribution in [-0.4, -0.2) is 24.3 Å². The molecule has 0 unspecified atom stereocenters. The van der Waals surface area contributed by atoms with E-state index >= 15 is 0 Å². The summed E-state index contributed by atoms with van der Waals surface area (Å²) in [5, 5.41) is 13.4. The number of hydrogen-bond donors (Lipinski definition) is 2. The molecule has 4 aliphatic rings. The third-order valence-electron chi connectivity index (χ3n) is 4.34. The normalized spacial score (nSPS) is 57.2. The van der Waals surface area contributed by atoms with Gasteiger partial charge < -0.3 is 10.4 Å². The van der Waals surface area contributed by atoms with E-state index in [-0.39, 0.29) is 6.10 Å². The fourth-order valence-corrected chi connectivity index (χ4v) is 3.74. The van der Waals surface area contributed by atoms with Gasteiger partial charge in [0.1, 0.15) is 0 Å². The molecule has 0 radical (unpaired) electrons. The maximum absolute atomic E-state index is 9.97. The lowest BCUT2D eigenvalue weighted by Gasteiger charge is -2.53. The Morgan fingerprint density at radius 1 is 1.00 bits per heavy atom. The molecule has 5 atom stereocenters. The third-order valence-corrected chi connectivity index (χ3v) is 4.34. The van der Waals surface area contributed by atoms with Gasteiger partial charge in [0, 0.05) is 12.5 Å². The summed E-state index contributed by atoms with van der Waals surface area (Å²) in [5.74, 6) is 2.99. The van der Waals surface area contributed by atoms with E-state index in [1.807, 2.05) is 0 Å². The van der Waals surface area contributed by atoms with E-state index in [0.29, 0.717) is 11.8 Å². The Labute approximate surface area is 73.4 Å². The van der Waals surface area contributed by atoms with E-state index in [4.69, 9.17) is 0 Å². The summed E-state index contributed by atoms with van der Waals surface area (Å²) in [7, 11) is 0. The maximum Gasteiger partial charge on any atom is 0.0611 e. The first-order valence-corrected chi connectivity index (χ1v) is 5.25. The second-order valence-electron chi connectivity index (χ2n) is 4.81. The lowest BCUT2D eigenvalue weighted by atomic mass is 9.56. The van der Waals surface area contributed by atoms with Gasteiger partial charge in [0.2, 0.25) is 0 Å². The standard InChI is InChI=1S/C10H17NO/c12-10-6-1-2-8-7(3-6)4-11-5-9(8)10/h6-12H,1-5H2/t6-,7+,8+,9-,10+/m0/s1. The van der Waals surface area contributed by atoms with Crippen LogP contribution >= 0.6 is 0 Å². The molecule has 2 N–H and O–H groups in total. The van der Waals surface area contributed by atoms with Gasteiger partial charge >= 0.3 is 0 Å². The first-order valence-electron chi connectivity index (χ1n) is 5.25. The zero-order valence-corrected chi connectivity index (χ0v) is 7.37. The largest absolute Gasteiger partial charge is 0.392 e. The Hall–Kier alpha value is -0.0800. The van der Waals surface area contributed by atoms with Crippen LogP contribution in [0.2, 0.25) is 0 Å². The monoisotopic (exact) mass is 167 g/mol. The summed E-state index contributed by atoms with van der Waals surface area (Å²) in [4.78, 5) is 0. The number of nitrogens with one attached hydrogen (secondary N) is 1. The molecular weight excluding hydrogens is 150 g/mol. The third kappa shape index (κ3) is 0.826. The van der Waals surface area contributed by atoms with Crippen molar-refractivity contribution >= 4 is 0 Å². The van der Waals surface area contributed by atoms with E-state index in [9.17, 15) is 5.11 Å². The Balaban J connectivity index is 1.91. The van der Waals surface area contributed by atoms with Crippen molar-refractivity contribution in [2.24, 2.45) is 23.7 Å². The minimum atomic E-state index is 0.0211. The molecule has 68 valence electrons. The smallest absolute Gasteiger partial charge is 0.0611 e. The molecule has 4 fully saturated rings. The lowest BCUT2D eigenvalue weighted by molar-refractivity contribution is -0.0986. The zero-order valence-electron chi connectivity index (χ0n) is 7.37. The van der Waals surface area contributed by atoms with Crippen LogP contribution in [0, 0.1) is 23.7 Å². The van der Waals surface area contributed by atoms with Crippen LogP contribution in [-0.2, 0) is 0 Å². The van der Waals surface area contributed by atoms with Crippen molar-refractivity contribution < 1.29 is 5.11 Å². The minimum absolute atomic E-state index is 0.0211. The number of piperidine rings is 1. The molecule has 0 aromatic rings. The Morgan fingerprint density at radius 2 is 1.92 bits per heavy atom. The number of aliphatic hydroxyl groups is 1. The van der Waals surface area contributed by atoms with Crippen molar-refractivity contribution in [2.75, 3.05) is 13.1 Å². The quantitative estimate of drug-likeness (QED) is 0.554. The van der Waals surface area contributed by atoms with Crippen molar-refractivity contribution in [1.82, 2.24) is 5.32 Å². The SMILES string of the molecule is O[C@@H]1[C@H]2CC[C@@H]3[C@@H](CNC[C@H]13)C2. The average molecular weight is 167 g/mol. The van der Waals surface area contributed by atoms with Gasteiger partial charge in [-0.25, -0.2) is 0 Å². The van der Waals surface area contributed by atoms with Gasteiger partial charge in [-0.2, -0.15) is 0 Å². The Kier molecular flexibility index (Phi) is 1.50. The second-order valence-corrected chi connectivity index (χ2v) is 4.81. The summed E-state index contributed by atoms with van der Waals surface area (Å²) in [5.41, 5.74) is 0. The van der Waals surface area contributed by atoms with Gasteiger partial charge in [0.25, 0.3) is 0 Å². The highest BCUT2D eigenvalue weighted by Crippen LogP contribution is 2.49. The molecule has 2 nitrogen and oxygen atoms in total. The van der Waals surface area contributed by atoms with Crippen LogP contribution < -0.4 is 5.32 Å². The minimum Gasteiger partial charge on any atom is -0.392 e. The van der Waals surface area contributed by atoms with Crippen molar-refractivity contribution in [3.8, 4) is 0 Å². The molecule has 1 saturated heterocycles. The number of aliphatic hydroxyl groups excluding tert-OH is 1. The zero-order chi connectivity index (χ0) is 8.13. The van der Waals surface area contributed by atoms with Gasteiger partial charge in [-0.05, 0) is 43.6 Å². The molecule has 4 rings (SSSR count). The van der Waals surface area contributed by atoms with E-state index < -0.39 is 0 Å². The second kappa shape index (κ2) is 2.46. The van der Waals surface area contributed by atoms with E-state index in [2.05, 4.69) is 5.32 Å². The highest BCUT2D eigenvalue weighted by atomic mass is 16.3. The fraction of sp³-hybridized carbons (Fsp3) is 1.00. The van der Waals surface area contributed by atoms with Crippen molar-refractivity contribution in [3.63, 3.8) is 0 Å². The summed E-state index contributed by atoms with van der Waals surface area (Å²) < 4.78 is 0. The van der Waals surface area contributed by atoms with Crippen LogP contribution in [0.5, 0.6) is 0 Å². The molecular formula is C10H17NO. The number of rotatable bonds is 0. The van der Waals surface area contributed by atoms with Crippen LogP contribution in [0.3, 0.4) is 0 Å². The molecule has 12 heavy (non-hydrogen) atoms. The van der Waals surface area contributed by atoms with Crippen LogP contribution in [0.15, 0.2) is 0 Å². The summed E-state index contributed by atoms with van der Waals surface area (Å²) in [6.45, 7) is 2.28. The highest BCUT2D eigenvalue weighted by Gasteiger charge is 2.49. The van der Waals surface area contributed by atoms with E-state index in [1.165, 1.54) is 25.8 Å². The first-order chi connectivity index (χ1) is 5.86. The van der Waals surface area contributed by atoms with Crippen molar-refractivity contribution in [1.29, 1.82) is 0 Å². The van der Waals surface area contributed by atoms with Crippen molar-refractivity contribution in [2.45, 2.75) is 25.4 Å². The molecule has 1 heterocycles. The predicted octanol–water partition coefficient (Wildman–Crippen LogP) is 0.613. The first kappa shape index (κ1) is 7.34. The number of hydrogen-bond acceptors (Lipinski definition) is 2. The van der Waals surface area contributed by atoms with Crippen molar-refractivity contribution in [3.05, 3.63) is 0 Å². The summed E-state index contributed by atoms with van der Waals surface area (Å²) in [6, 6.07) is 0. The van der Waals surface area contributed by atoms with Crippen LogP contribution in [0.25, 0.3) is 0 Å². The van der Waals surface area contributed by atoms with Gasteiger partial charge in [-0.15, -0.1) is 0 Å². The maximum atomic E-state index is 9.97. The van der Waals surface area contributed by atoms with Gasteiger partial charge in [-0.1, -0.05) is 0 Å². The van der Waals surface area contributed by atoms with Crippen LogP contribution in [0.1, 0.15) is 19.3 Å². The van der Waals surface area contributed by atoms with E-state index in [1.54, 1.807) is 0 Å². The Bertz CT molecular complexity index is 186. The molecule has 3 saturated carbocycles. The molecule has 0 aromatic heterocycles. The van der Waals surface area contributed by atoms with E-state index in [0.717, 1.165) is 18.4 Å². The molecule has 0 spiro atoms. The number of fused-ring (bicyclic) bond motifs is 1. The molecule has 3 aliphatic carbocycles. The lowest BCUT2D eigenvalue weighted by Crippen LogP contribution is -2.57. The van der Waals surface area contributed by atoms with Gasteiger partial charge in [-0.3, -0.25) is 0 Å². The molecule has 1 aliphatic heterocycles. The van der Waals surface area contributed by atoms with Gasteiger partial charge in [0.15, 0.2) is 0 Å². The summed E-state index contributed by atoms with van der Waals surface area (Å²) in [6.07, 6.45) is 3.99. The predicted molar refractivity (Wildman–Crippen MR) is 46.7 cm³/mol. The Morgan fingerprint density at radius 3 is 2.75 bits per heavy atom. The topological polar surface area (TPSA) is 32.3 Å². The van der Waals surface area contributed by atoms with Crippen LogP contribution in [0.4, 0.5) is 0 Å². The average Bonchev–Trinajstić information content (AvgIpc) is 2.13. The molecule has 2 heteroatoms. The highest BCUT2D eigenvalue weighted by molar-refractivity contribution is 5.00. The molecule has 0 amide bonds. The fourth-order valence-electron chi connectivity index (χ4n) is 3.74. The molecule has 0 aromatic carbocycles.